The zero-order chi connectivity index (χ0) is 18.4. The Morgan fingerprint density at radius 3 is 2.76 bits per heavy atom. The molecule has 1 fully saturated rings. The van der Waals surface area contributed by atoms with Gasteiger partial charge in [0.25, 0.3) is 0 Å². The van der Waals surface area contributed by atoms with Crippen LogP contribution in [0.3, 0.4) is 0 Å². The SMILES string of the molecule is CCN(Cc1cccnc1)C(=O)C1CCCN(C(=O)OC(C)(C)C)C1. The maximum Gasteiger partial charge on any atom is 0.410 e. The molecule has 0 saturated carbocycles. The fraction of sp³-hybridized carbons (Fsp3) is 0.632. The Morgan fingerprint density at radius 1 is 1.40 bits per heavy atom. The predicted molar refractivity (Wildman–Crippen MR) is 95.9 cm³/mol. The van der Waals surface area contributed by atoms with Crippen molar-refractivity contribution in [3.05, 3.63) is 30.1 Å². The number of hydrogen-bond donors (Lipinski definition) is 0. The number of amides is 2. The van der Waals surface area contributed by atoms with Crippen LogP contribution in [0.25, 0.3) is 0 Å². The van der Waals surface area contributed by atoms with Gasteiger partial charge in [0.1, 0.15) is 5.60 Å². The van der Waals surface area contributed by atoms with Crippen molar-refractivity contribution >= 4 is 12.0 Å². The summed E-state index contributed by atoms with van der Waals surface area (Å²) in [5, 5.41) is 0. The van der Waals surface area contributed by atoms with Crippen molar-refractivity contribution < 1.29 is 14.3 Å². The molecule has 0 aliphatic carbocycles. The van der Waals surface area contributed by atoms with Gasteiger partial charge in [0.2, 0.25) is 5.91 Å². The first-order chi connectivity index (χ1) is 11.8. The first-order valence-electron chi connectivity index (χ1n) is 8.95. The van der Waals surface area contributed by atoms with E-state index in [1.165, 1.54) is 0 Å². The summed E-state index contributed by atoms with van der Waals surface area (Å²) in [6, 6.07) is 3.84. The topological polar surface area (TPSA) is 62.7 Å². The smallest absolute Gasteiger partial charge is 0.410 e. The number of aromatic nitrogens is 1. The van der Waals surface area contributed by atoms with Gasteiger partial charge < -0.3 is 14.5 Å². The monoisotopic (exact) mass is 347 g/mol. The fourth-order valence-electron chi connectivity index (χ4n) is 2.99. The number of ether oxygens (including phenoxy) is 1. The molecular formula is C19H29N3O3. The summed E-state index contributed by atoms with van der Waals surface area (Å²) in [5.41, 5.74) is 0.488. The molecule has 6 nitrogen and oxygen atoms in total. The van der Waals surface area contributed by atoms with Gasteiger partial charge in [-0.1, -0.05) is 6.07 Å². The summed E-state index contributed by atoms with van der Waals surface area (Å²) in [6.07, 6.45) is 4.80. The van der Waals surface area contributed by atoms with E-state index in [2.05, 4.69) is 4.98 Å². The maximum absolute atomic E-state index is 12.9. The fourth-order valence-corrected chi connectivity index (χ4v) is 2.99. The molecule has 1 aromatic heterocycles. The van der Waals surface area contributed by atoms with Crippen LogP contribution in [0, 0.1) is 5.92 Å². The quantitative estimate of drug-likeness (QED) is 0.840. The van der Waals surface area contributed by atoms with E-state index in [1.807, 2.05) is 44.7 Å². The molecule has 2 heterocycles. The van der Waals surface area contributed by atoms with E-state index in [1.54, 1.807) is 17.3 Å². The lowest BCUT2D eigenvalue weighted by molar-refractivity contribution is -0.137. The number of carbonyl (C=O) groups is 2. The normalized spacial score (nSPS) is 17.9. The molecule has 0 N–H and O–H groups in total. The maximum atomic E-state index is 12.9. The summed E-state index contributed by atoms with van der Waals surface area (Å²) < 4.78 is 5.44. The van der Waals surface area contributed by atoms with E-state index < -0.39 is 5.60 Å². The molecule has 2 amide bonds. The van der Waals surface area contributed by atoms with Crippen LogP contribution in [0.5, 0.6) is 0 Å². The molecule has 6 heteroatoms. The van der Waals surface area contributed by atoms with Crippen molar-refractivity contribution in [2.24, 2.45) is 5.92 Å². The summed E-state index contributed by atoms with van der Waals surface area (Å²) in [7, 11) is 0. The van der Waals surface area contributed by atoms with Crippen molar-refractivity contribution in [1.29, 1.82) is 0 Å². The number of hydrogen-bond acceptors (Lipinski definition) is 4. The predicted octanol–water partition coefficient (Wildman–Crippen LogP) is 3.08. The molecule has 0 radical (unpaired) electrons. The van der Waals surface area contributed by atoms with Gasteiger partial charge in [-0.15, -0.1) is 0 Å². The zero-order valence-electron chi connectivity index (χ0n) is 15.7. The summed E-state index contributed by atoms with van der Waals surface area (Å²) in [6.45, 7) is 9.79. The number of nitrogens with zero attached hydrogens (tertiary/aromatic N) is 3. The average Bonchev–Trinajstić information content (AvgIpc) is 2.58. The van der Waals surface area contributed by atoms with Crippen LogP contribution < -0.4 is 0 Å². The Kier molecular flexibility index (Phi) is 6.39. The van der Waals surface area contributed by atoms with E-state index in [9.17, 15) is 9.59 Å². The highest BCUT2D eigenvalue weighted by Gasteiger charge is 2.32. The lowest BCUT2D eigenvalue weighted by Crippen LogP contribution is -2.47. The minimum atomic E-state index is -0.524. The molecule has 138 valence electrons. The molecule has 1 unspecified atom stereocenters. The minimum absolute atomic E-state index is 0.0969. The zero-order valence-corrected chi connectivity index (χ0v) is 15.7. The van der Waals surface area contributed by atoms with Gasteiger partial charge in [-0.2, -0.15) is 0 Å². The van der Waals surface area contributed by atoms with Gasteiger partial charge in [0.05, 0.1) is 5.92 Å². The number of carbonyl (C=O) groups excluding carboxylic acids is 2. The third-order valence-corrected chi connectivity index (χ3v) is 4.21. The van der Waals surface area contributed by atoms with E-state index in [0.717, 1.165) is 18.4 Å². The molecule has 0 aromatic carbocycles. The largest absolute Gasteiger partial charge is 0.444 e. The van der Waals surface area contributed by atoms with Gasteiger partial charge >= 0.3 is 6.09 Å². The van der Waals surface area contributed by atoms with Crippen LogP contribution >= 0.6 is 0 Å². The standard InChI is InChI=1S/C19H29N3O3/c1-5-21(13-15-8-6-10-20-12-15)17(23)16-9-7-11-22(14-16)18(24)25-19(2,3)4/h6,8,10,12,16H,5,7,9,11,13-14H2,1-4H3. The molecule has 1 aliphatic heterocycles. The van der Waals surface area contributed by atoms with Crippen LogP contribution in [0.4, 0.5) is 4.79 Å². The summed E-state index contributed by atoms with van der Waals surface area (Å²) in [4.78, 5) is 32.8. The van der Waals surface area contributed by atoms with Gasteiger partial charge in [0.15, 0.2) is 0 Å². The Bertz CT molecular complexity index is 583. The van der Waals surface area contributed by atoms with Crippen LogP contribution in [-0.2, 0) is 16.1 Å². The van der Waals surface area contributed by atoms with Crippen LogP contribution in [0.15, 0.2) is 24.5 Å². The minimum Gasteiger partial charge on any atom is -0.444 e. The van der Waals surface area contributed by atoms with Gasteiger partial charge in [-0.05, 0) is 52.2 Å². The number of piperidine rings is 1. The molecule has 1 atom stereocenters. The first kappa shape index (κ1) is 19.2. The van der Waals surface area contributed by atoms with E-state index in [-0.39, 0.29) is 17.9 Å². The number of likely N-dealkylation sites (tertiary alicyclic amines) is 1. The molecule has 2 rings (SSSR count). The Hall–Kier alpha value is -2.11. The highest BCUT2D eigenvalue weighted by Crippen LogP contribution is 2.22. The van der Waals surface area contributed by atoms with E-state index >= 15 is 0 Å². The molecule has 1 aromatic rings. The Labute approximate surface area is 150 Å². The Morgan fingerprint density at radius 2 is 2.16 bits per heavy atom. The van der Waals surface area contributed by atoms with Crippen LogP contribution in [0.2, 0.25) is 0 Å². The third kappa shape index (κ3) is 5.73. The molecule has 1 aliphatic rings. The first-order valence-corrected chi connectivity index (χ1v) is 8.95. The van der Waals surface area contributed by atoms with Crippen LogP contribution in [0.1, 0.15) is 46.1 Å². The van der Waals surface area contributed by atoms with Gasteiger partial charge in [-0.3, -0.25) is 9.78 Å². The average molecular weight is 347 g/mol. The van der Waals surface area contributed by atoms with Crippen molar-refractivity contribution in [2.75, 3.05) is 19.6 Å². The van der Waals surface area contributed by atoms with Gasteiger partial charge in [-0.25, -0.2) is 4.79 Å². The second-order valence-electron chi connectivity index (χ2n) is 7.48. The van der Waals surface area contributed by atoms with Crippen molar-refractivity contribution in [2.45, 2.75) is 52.7 Å². The van der Waals surface area contributed by atoms with Crippen LogP contribution in [-0.4, -0.2) is 52.0 Å². The van der Waals surface area contributed by atoms with Crippen molar-refractivity contribution in [3.8, 4) is 0 Å². The van der Waals surface area contributed by atoms with Crippen molar-refractivity contribution in [3.63, 3.8) is 0 Å². The lowest BCUT2D eigenvalue weighted by Gasteiger charge is -2.35. The molecular weight excluding hydrogens is 318 g/mol. The third-order valence-electron chi connectivity index (χ3n) is 4.21. The lowest BCUT2D eigenvalue weighted by atomic mass is 9.96. The molecule has 1 saturated heterocycles. The van der Waals surface area contributed by atoms with Crippen molar-refractivity contribution in [1.82, 2.24) is 14.8 Å². The second kappa shape index (κ2) is 8.32. The van der Waals surface area contributed by atoms with Gasteiger partial charge in [0, 0.05) is 38.6 Å². The highest BCUT2D eigenvalue weighted by molar-refractivity contribution is 5.80. The Balaban J connectivity index is 1.98. The molecule has 25 heavy (non-hydrogen) atoms. The highest BCUT2D eigenvalue weighted by atomic mass is 16.6. The van der Waals surface area contributed by atoms with E-state index in [0.29, 0.717) is 26.2 Å². The number of pyridine rings is 1. The van der Waals surface area contributed by atoms with E-state index in [4.69, 9.17) is 4.74 Å². The number of rotatable bonds is 4. The summed E-state index contributed by atoms with van der Waals surface area (Å²) >= 11 is 0. The molecule has 0 bridgehead atoms. The molecule has 0 spiro atoms. The summed E-state index contributed by atoms with van der Waals surface area (Å²) in [5.74, 6) is -0.0718. The second-order valence-corrected chi connectivity index (χ2v) is 7.48.